The number of benzene rings is 1. The number of ether oxygens (including phenoxy) is 1. The topological polar surface area (TPSA) is 67.9 Å². The normalized spacial score (nSPS) is 12.5. The van der Waals surface area contributed by atoms with Gasteiger partial charge in [-0.1, -0.05) is 62.9 Å². The van der Waals surface area contributed by atoms with E-state index >= 15 is 0 Å². The highest BCUT2D eigenvalue weighted by Gasteiger charge is 2.29. The molecular weight excluding hydrogens is 533 g/mol. The molecule has 1 N–H and O–H groups in total. The van der Waals surface area contributed by atoms with E-state index in [1.165, 1.54) is 5.06 Å². The van der Waals surface area contributed by atoms with Crippen LogP contribution in [0.4, 0.5) is 4.79 Å². The smallest absolute Gasteiger partial charge is 0.408 e. The molecule has 1 aromatic rings. The summed E-state index contributed by atoms with van der Waals surface area (Å²) in [5, 5.41) is 4.20. The molecule has 1 unspecified atom stereocenters. The van der Waals surface area contributed by atoms with Crippen LogP contribution in [0.5, 0.6) is 0 Å². The fourth-order valence-electron chi connectivity index (χ4n) is 3.01. The summed E-state index contributed by atoms with van der Waals surface area (Å²) in [7, 11) is 6.21. The minimum atomic E-state index is -0.690. The van der Waals surface area contributed by atoms with Crippen molar-refractivity contribution >= 4 is 12.0 Å². The summed E-state index contributed by atoms with van der Waals surface area (Å²) in [4.78, 5) is 31.9. The molecule has 1 aromatic carbocycles. The van der Waals surface area contributed by atoms with Crippen LogP contribution in [0.25, 0.3) is 0 Å². The van der Waals surface area contributed by atoms with Crippen LogP contribution in [0.3, 0.4) is 0 Å². The maximum atomic E-state index is 13.5. The van der Waals surface area contributed by atoms with Crippen molar-refractivity contribution in [1.29, 1.82) is 0 Å². The van der Waals surface area contributed by atoms with Gasteiger partial charge in [0, 0.05) is 0 Å². The molecule has 0 aliphatic carbocycles. The van der Waals surface area contributed by atoms with Gasteiger partial charge in [-0.2, -0.15) is 0 Å². The molecule has 0 aromatic heterocycles. The second-order valence-electron chi connectivity index (χ2n) is 10.3. The Morgan fingerprint density at radius 3 is 2.24 bits per heavy atom. The first kappa shape index (κ1) is 31.6. The van der Waals surface area contributed by atoms with Crippen LogP contribution < -0.4 is 29.3 Å². The number of nitrogens with one attached hydrogen (secondary N) is 1. The average Bonchev–Trinajstić information content (AvgIpc) is 2.68. The number of amides is 2. The number of quaternary nitrogens is 1. The average molecular weight is 578 g/mol. The van der Waals surface area contributed by atoms with Crippen molar-refractivity contribution in [3.05, 3.63) is 35.9 Å². The second kappa shape index (κ2) is 15.5. The van der Waals surface area contributed by atoms with Crippen molar-refractivity contribution in [1.82, 2.24) is 10.4 Å². The molecule has 1 rings (SSSR count). The first-order valence-electron chi connectivity index (χ1n) is 11.7. The van der Waals surface area contributed by atoms with Crippen molar-refractivity contribution in [3.63, 3.8) is 0 Å². The quantitative estimate of drug-likeness (QED) is 0.167. The summed E-state index contributed by atoms with van der Waals surface area (Å²) in [5.74, 6) is -0.239. The van der Waals surface area contributed by atoms with Crippen LogP contribution in [-0.4, -0.2) is 67.4 Å². The monoisotopic (exact) mass is 577 g/mol. The standard InChI is InChI=1S/C25H43N3O4.HI/c1-8-9-10-14-17-22(26-24(30)32-25(2,3)4)23(29)27(18-19-28(5,6)7)31-20-21-15-12-11-13-16-21;/h11-13,15-16,22H,8-10,14,17-20H2,1-7H3;1H. The van der Waals surface area contributed by atoms with E-state index in [0.717, 1.165) is 37.8 Å². The Labute approximate surface area is 217 Å². The molecule has 8 heteroatoms. The van der Waals surface area contributed by atoms with E-state index in [1.807, 2.05) is 30.3 Å². The highest BCUT2D eigenvalue weighted by Crippen LogP contribution is 2.13. The largest absolute Gasteiger partial charge is 1.00 e. The van der Waals surface area contributed by atoms with E-state index in [1.54, 1.807) is 20.8 Å². The molecule has 0 fully saturated rings. The van der Waals surface area contributed by atoms with Crippen molar-refractivity contribution in [2.75, 3.05) is 34.2 Å². The van der Waals surface area contributed by atoms with Gasteiger partial charge in [0.2, 0.25) is 0 Å². The molecule has 1 atom stereocenters. The molecule has 2 amide bonds. The van der Waals surface area contributed by atoms with E-state index in [-0.39, 0.29) is 29.9 Å². The van der Waals surface area contributed by atoms with Gasteiger partial charge in [0.15, 0.2) is 0 Å². The minimum Gasteiger partial charge on any atom is -1.00 e. The lowest BCUT2D eigenvalue weighted by atomic mass is 10.1. The SMILES string of the molecule is CCCCCCC(NC(=O)OC(C)(C)C)C(=O)N(CC[N+](C)(C)C)OCc1ccccc1.[I-]. The Hall–Kier alpha value is -1.39. The summed E-state index contributed by atoms with van der Waals surface area (Å²) in [6, 6.07) is 9.06. The van der Waals surface area contributed by atoms with E-state index in [4.69, 9.17) is 9.57 Å². The predicted octanol–water partition coefficient (Wildman–Crippen LogP) is 1.52. The van der Waals surface area contributed by atoms with Crippen LogP contribution in [0.1, 0.15) is 65.4 Å². The van der Waals surface area contributed by atoms with Gasteiger partial charge in [-0.3, -0.25) is 9.63 Å². The Balaban J connectivity index is 0.0000102. The number of alkyl carbamates (subject to hydrolysis) is 1. The Morgan fingerprint density at radius 1 is 1.06 bits per heavy atom. The summed E-state index contributed by atoms with van der Waals surface area (Å²) in [6.07, 6.45) is 4.04. The lowest BCUT2D eigenvalue weighted by Gasteiger charge is -2.31. The zero-order chi connectivity index (χ0) is 24.2. The highest BCUT2D eigenvalue weighted by atomic mass is 127. The van der Waals surface area contributed by atoms with Gasteiger partial charge in [-0.25, -0.2) is 9.86 Å². The number of unbranched alkanes of at least 4 members (excludes halogenated alkanes) is 3. The lowest BCUT2D eigenvalue weighted by Crippen LogP contribution is -3.00. The third kappa shape index (κ3) is 15.2. The molecule has 0 bridgehead atoms. The molecule has 33 heavy (non-hydrogen) atoms. The first-order chi connectivity index (χ1) is 14.9. The summed E-state index contributed by atoms with van der Waals surface area (Å²) in [6.45, 7) is 9.00. The molecule has 190 valence electrons. The zero-order valence-corrected chi connectivity index (χ0v) is 23.7. The number of hydroxylamine groups is 2. The number of hydrogen-bond donors (Lipinski definition) is 1. The van der Waals surface area contributed by atoms with Gasteiger partial charge in [0.05, 0.1) is 34.2 Å². The van der Waals surface area contributed by atoms with Gasteiger partial charge >= 0.3 is 6.09 Å². The third-order valence-electron chi connectivity index (χ3n) is 4.79. The number of likely N-dealkylation sites (N-methyl/N-ethyl adjacent to an activating group) is 1. The molecule has 0 aliphatic heterocycles. The summed E-state index contributed by atoms with van der Waals surface area (Å²) >= 11 is 0. The number of carbonyl (C=O) groups excluding carboxylic acids is 2. The van der Waals surface area contributed by atoms with Gasteiger partial charge in [0.1, 0.15) is 18.2 Å². The maximum Gasteiger partial charge on any atom is 0.408 e. The van der Waals surface area contributed by atoms with Crippen LogP contribution in [0, 0.1) is 0 Å². The highest BCUT2D eigenvalue weighted by molar-refractivity contribution is 5.85. The fourth-order valence-corrected chi connectivity index (χ4v) is 3.01. The van der Waals surface area contributed by atoms with Crippen molar-refractivity contribution in [3.8, 4) is 0 Å². The number of halogens is 1. The summed E-state index contributed by atoms with van der Waals surface area (Å²) in [5.41, 5.74) is 0.350. The number of rotatable bonds is 13. The van der Waals surface area contributed by atoms with Gasteiger partial charge in [0.25, 0.3) is 5.91 Å². The van der Waals surface area contributed by atoms with E-state index in [9.17, 15) is 9.59 Å². The minimum absolute atomic E-state index is 0. The van der Waals surface area contributed by atoms with Gasteiger partial charge in [-0.15, -0.1) is 0 Å². The number of nitrogens with zero attached hydrogens (tertiary/aromatic N) is 2. The Kier molecular flexibility index (Phi) is 14.8. The van der Waals surface area contributed by atoms with Crippen molar-refractivity contribution < 1.29 is 47.6 Å². The Bertz CT molecular complexity index is 687. The number of hydrogen-bond acceptors (Lipinski definition) is 4. The lowest BCUT2D eigenvalue weighted by molar-refractivity contribution is -0.870. The molecule has 0 radical (unpaired) electrons. The Morgan fingerprint density at radius 2 is 1.70 bits per heavy atom. The van der Waals surface area contributed by atoms with E-state index in [2.05, 4.69) is 33.4 Å². The van der Waals surface area contributed by atoms with Crippen molar-refractivity contribution in [2.24, 2.45) is 0 Å². The number of carbonyl (C=O) groups is 2. The molecular formula is C25H44IN3O4. The molecule has 0 spiro atoms. The second-order valence-corrected chi connectivity index (χ2v) is 10.3. The van der Waals surface area contributed by atoms with E-state index in [0.29, 0.717) is 24.1 Å². The third-order valence-corrected chi connectivity index (χ3v) is 4.79. The van der Waals surface area contributed by atoms with Crippen molar-refractivity contribution in [2.45, 2.75) is 78.0 Å². The van der Waals surface area contributed by atoms with Gasteiger partial charge in [-0.05, 0) is 32.8 Å². The van der Waals surface area contributed by atoms with Crippen LogP contribution in [0.2, 0.25) is 0 Å². The molecule has 0 saturated carbocycles. The van der Waals surface area contributed by atoms with Gasteiger partial charge < -0.3 is 38.5 Å². The van der Waals surface area contributed by atoms with Crippen LogP contribution in [0.15, 0.2) is 30.3 Å². The fraction of sp³-hybridized carbons (Fsp3) is 0.680. The van der Waals surface area contributed by atoms with Crippen LogP contribution in [-0.2, 0) is 21.0 Å². The molecule has 0 aliphatic rings. The zero-order valence-electron chi connectivity index (χ0n) is 21.5. The molecule has 0 saturated heterocycles. The summed E-state index contributed by atoms with van der Waals surface area (Å²) < 4.78 is 6.10. The predicted molar refractivity (Wildman–Crippen MR) is 128 cm³/mol. The molecule has 0 heterocycles. The molecule has 7 nitrogen and oxygen atoms in total. The van der Waals surface area contributed by atoms with E-state index < -0.39 is 17.7 Å². The first-order valence-corrected chi connectivity index (χ1v) is 11.7. The maximum absolute atomic E-state index is 13.5. The van der Waals surface area contributed by atoms with Crippen LogP contribution >= 0.6 is 0 Å².